The molecule has 0 radical (unpaired) electrons. The molecule has 0 amide bonds. The molecule has 5 heteroatoms. The van der Waals surface area contributed by atoms with Gasteiger partial charge in [0, 0.05) is 11.1 Å². The largest absolute Gasteiger partial charge is 0.443 e. The fourth-order valence-corrected chi connectivity index (χ4v) is 1.28. The van der Waals surface area contributed by atoms with E-state index in [4.69, 9.17) is 4.74 Å². The van der Waals surface area contributed by atoms with Crippen LogP contribution in [-0.2, 0) is 19.1 Å². The van der Waals surface area contributed by atoms with Crippen molar-refractivity contribution in [3.05, 3.63) is 35.5 Å². The van der Waals surface area contributed by atoms with Crippen LogP contribution in [0.2, 0.25) is 0 Å². The standard InChI is InChI=1S/C14H17NO4/c1-9(14(18)19-10(2)15(3)4)7-11-8-12(16)5-6-13(11)17/h5-8,10H,1-4H3/b9-7+. The zero-order valence-electron chi connectivity index (χ0n) is 11.5. The summed E-state index contributed by atoms with van der Waals surface area (Å²) in [5.41, 5.74) is 0.468. The molecule has 5 nitrogen and oxygen atoms in total. The van der Waals surface area contributed by atoms with Gasteiger partial charge in [0.25, 0.3) is 0 Å². The number of carbonyl (C=O) groups is 3. The highest BCUT2D eigenvalue weighted by molar-refractivity contribution is 6.19. The molecule has 0 aromatic heterocycles. The van der Waals surface area contributed by atoms with Gasteiger partial charge in [-0.15, -0.1) is 0 Å². The minimum absolute atomic E-state index is 0.194. The average Bonchev–Trinajstić information content (AvgIpc) is 2.33. The molecule has 1 atom stereocenters. The molecule has 1 aliphatic carbocycles. The molecule has 0 aliphatic heterocycles. The molecule has 1 unspecified atom stereocenters. The van der Waals surface area contributed by atoms with Gasteiger partial charge in [0.2, 0.25) is 0 Å². The second kappa shape index (κ2) is 6.24. The molecule has 19 heavy (non-hydrogen) atoms. The van der Waals surface area contributed by atoms with Gasteiger partial charge in [0.15, 0.2) is 17.8 Å². The first kappa shape index (κ1) is 15.0. The Morgan fingerprint density at radius 3 is 2.53 bits per heavy atom. The Morgan fingerprint density at radius 2 is 1.95 bits per heavy atom. The topological polar surface area (TPSA) is 63.7 Å². The van der Waals surface area contributed by atoms with Crippen molar-refractivity contribution in [2.75, 3.05) is 14.1 Å². The predicted octanol–water partition coefficient (Wildman–Crippen LogP) is 1.02. The molecule has 0 bridgehead atoms. The summed E-state index contributed by atoms with van der Waals surface area (Å²) in [5.74, 6) is -1.09. The van der Waals surface area contributed by atoms with Gasteiger partial charge in [-0.25, -0.2) is 4.79 Å². The number of hydrogen-bond acceptors (Lipinski definition) is 5. The summed E-state index contributed by atoms with van der Waals surface area (Å²) in [4.78, 5) is 36.2. The summed E-state index contributed by atoms with van der Waals surface area (Å²) >= 11 is 0. The third kappa shape index (κ3) is 4.30. The lowest BCUT2D eigenvalue weighted by Gasteiger charge is -2.20. The van der Waals surface area contributed by atoms with Gasteiger partial charge in [-0.2, -0.15) is 0 Å². The number of hydrogen-bond donors (Lipinski definition) is 0. The van der Waals surface area contributed by atoms with Crippen molar-refractivity contribution in [2.24, 2.45) is 0 Å². The Bertz CT molecular complexity index is 498. The number of ether oxygens (including phenoxy) is 1. The molecule has 0 fully saturated rings. The van der Waals surface area contributed by atoms with E-state index in [9.17, 15) is 14.4 Å². The Labute approximate surface area is 112 Å². The molecule has 0 saturated heterocycles. The molecule has 0 aromatic rings. The van der Waals surface area contributed by atoms with Gasteiger partial charge < -0.3 is 4.74 Å². The number of carbonyl (C=O) groups excluding carboxylic acids is 3. The van der Waals surface area contributed by atoms with Crippen LogP contribution in [0.25, 0.3) is 0 Å². The number of allylic oxidation sites excluding steroid dienone is 5. The fraction of sp³-hybridized carbons (Fsp3) is 0.357. The van der Waals surface area contributed by atoms with Crippen molar-refractivity contribution < 1.29 is 19.1 Å². The maximum atomic E-state index is 11.8. The molecule has 102 valence electrons. The minimum atomic E-state index is -0.517. The summed E-state index contributed by atoms with van der Waals surface area (Å²) in [7, 11) is 3.57. The number of ketones is 2. The fourth-order valence-electron chi connectivity index (χ4n) is 1.28. The van der Waals surface area contributed by atoms with Crippen molar-refractivity contribution >= 4 is 17.5 Å². The Kier molecular flexibility index (Phi) is 4.94. The van der Waals surface area contributed by atoms with Crippen LogP contribution in [0.5, 0.6) is 0 Å². The van der Waals surface area contributed by atoms with Gasteiger partial charge in [0.1, 0.15) is 0 Å². The van der Waals surface area contributed by atoms with E-state index in [0.717, 1.165) is 0 Å². The van der Waals surface area contributed by atoms with E-state index in [-0.39, 0.29) is 28.9 Å². The summed E-state index contributed by atoms with van der Waals surface area (Å²) in [6.07, 6.45) is 4.59. The molecule has 0 N–H and O–H groups in total. The molecule has 1 rings (SSSR count). The monoisotopic (exact) mass is 263 g/mol. The van der Waals surface area contributed by atoms with Gasteiger partial charge in [-0.1, -0.05) is 0 Å². The average molecular weight is 263 g/mol. The smallest absolute Gasteiger partial charge is 0.335 e. The second-order valence-electron chi connectivity index (χ2n) is 4.50. The highest BCUT2D eigenvalue weighted by Crippen LogP contribution is 2.11. The first-order valence-electron chi connectivity index (χ1n) is 5.85. The van der Waals surface area contributed by atoms with Crippen LogP contribution < -0.4 is 0 Å². The first-order chi connectivity index (χ1) is 8.81. The number of rotatable bonds is 4. The molecular weight excluding hydrogens is 246 g/mol. The normalized spacial score (nSPS) is 17.5. The zero-order chi connectivity index (χ0) is 14.6. The van der Waals surface area contributed by atoms with E-state index in [1.54, 1.807) is 32.8 Å². The highest BCUT2D eigenvalue weighted by Gasteiger charge is 2.16. The van der Waals surface area contributed by atoms with Crippen molar-refractivity contribution in [1.82, 2.24) is 4.90 Å². The minimum Gasteiger partial charge on any atom is -0.443 e. The summed E-state index contributed by atoms with van der Waals surface area (Å²) in [6.45, 7) is 3.28. The van der Waals surface area contributed by atoms with E-state index >= 15 is 0 Å². The summed E-state index contributed by atoms with van der Waals surface area (Å²) in [6, 6.07) is 0. The van der Waals surface area contributed by atoms with E-state index < -0.39 is 5.97 Å². The lowest BCUT2D eigenvalue weighted by molar-refractivity contribution is -0.150. The van der Waals surface area contributed by atoms with Crippen LogP contribution in [0.1, 0.15) is 13.8 Å². The van der Waals surface area contributed by atoms with Crippen LogP contribution >= 0.6 is 0 Å². The van der Waals surface area contributed by atoms with Crippen LogP contribution in [0.3, 0.4) is 0 Å². The Morgan fingerprint density at radius 1 is 1.32 bits per heavy atom. The van der Waals surface area contributed by atoms with Gasteiger partial charge in [0.05, 0.1) is 0 Å². The highest BCUT2D eigenvalue weighted by atomic mass is 16.6. The van der Waals surface area contributed by atoms with E-state index in [0.29, 0.717) is 0 Å². The number of esters is 1. The maximum Gasteiger partial charge on any atom is 0.335 e. The lowest BCUT2D eigenvalue weighted by atomic mass is 10.0. The van der Waals surface area contributed by atoms with Crippen LogP contribution in [0, 0.1) is 0 Å². The molecule has 0 saturated carbocycles. The molecule has 0 aromatic carbocycles. The Balaban J connectivity index is 2.79. The summed E-state index contributed by atoms with van der Waals surface area (Å²) < 4.78 is 5.15. The molecule has 1 aliphatic rings. The van der Waals surface area contributed by atoms with E-state index in [1.165, 1.54) is 24.3 Å². The predicted molar refractivity (Wildman–Crippen MR) is 70.2 cm³/mol. The van der Waals surface area contributed by atoms with Crippen molar-refractivity contribution in [3.8, 4) is 0 Å². The molecule has 0 heterocycles. The quantitative estimate of drug-likeness (QED) is 0.328. The maximum absolute atomic E-state index is 11.8. The zero-order valence-corrected chi connectivity index (χ0v) is 11.5. The van der Waals surface area contributed by atoms with Crippen LogP contribution in [0.4, 0.5) is 0 Å². The first-order valence-corrected chi connectivity index (χ1v) is 5.85. The van der Waals surface area contributed by atoms with Crippen molar-refractivity contribution in [1.29, 1.82) is 0 Å². The molecule has 0 spiro atoms. The third-order valence-corrected chi connectivity index (χ3v) is 2.68. The Hall–Kier alpha value is -2.01. The third-order valence-electron chi connectivity index (χ3n) is 2.68. The van der Waals surface area contributed by atoms with Crippen molar-refractivity contribution in [3.63, 3.8) is 0 Å². The summed E-state index contributed by atoms with van der Waals surface area (Å²) in [5, 5.41) is 0. The van der Waals surface area contributed by atoms with E-state index in [1.807, 2.05) is 0 Å². The van der Waals surface area contributed by atoms with Gasteiger partial charge in [-0.05, 0) is 52.2 Å². The van der Waals surface area contributed by atoms with E-state index in [2.05, 4.69) is 0 Å². The molecular formula is C14H17NO4. The van der Waals surface area contributed by atoms with Crippen LogP contribution in [0.15, 0.2) is 35.5 Å². The van der Waals surface area contributed by atoms with Crippen molar-refractivity contribution in [2.45, 2.75) is 20.1 Å². The second-order valence-corrected chi connectivity index (χ2v) is 4.50. The SMILES string of the molecule is C/C(=C\C1=CC(=O)C=CC1=O)C(=O)OC(C)N(C)C. The lowest BCUT2D eigenvalue weighted by Crippen LogP contribution is -2.30. The van der Waals surface area contributed by atoms with Gasteiger partial charge in [-0.3, -0.25) is 14.5 Å². The number of nitrogens with zero attached hydrogens (tertiary/aromatic N) is 1. The van der Waals surface area contributed by atoms with Gasteiger partial charge >= 0.3 is 5.97 Å². The van der Waals surface area contributed by atoms with Crippen LogP contribution in [-0.4, -0.2) is 42.8 Å².